The lowest BCUT2D eigenvalue weighted by Crippen LogP contribution is -2.34. The zero-order valence-electron chi connectivity index (χ0n) is 16.6. The number of esters is 1. The van der Waals surface area contributed by atoms with E-state index in [2.05, 4.69) is 0 Å². The quantitative estimate of drug-likeness (QED) is 0.500. The van der Waals surface area contributed by atoms with Gasteiger partial charge in [-0.05, 0) is 67.1 Å². The number of ether oxygens (including phenoxy) is 1. The van der Waals surface area contributed by atoms with E-state index >= 15 is 0 Å². The number of sulfonamides is 1. The molecule has 0 bridgehead atoms. The van der Waals surface area contributed by atoms with Crippen LogP contribution in [0.3, 0.4) is 0 Å². The first kappa shape index (κ1) is 20.9. The summed E-state index contributed by atoms with van der Waals surface area (Å²) < 4.78 is 30.7. The number of carbonyl (C=O) groups is 2. The zero-order chi connectivity index (χ0) is 21.5. The number of rotatable bonds is 6. The molecule has 0 saturated heterocycles. The van der Waals surface area contributed by atoms with Gasteiger partial charge in [0.25, 0.3) is 0 Å². The molecule has 30 heavy (non-hydrogen) atoms. The summed E-state index contributed by atoms with van der Waals surface area (Å²) in [5.41, 5.74) is 1.99. The first-order valence-electron chi connectivity index (χ1n) is 9.78. The van der Waals surface area contributed by atoms with E-state index in [4.69, 9.17) is 16.3 Å². The van der Waals surface area contributed by atoms with Gasteiger partial charge in [-0.3, -0.25) is 13.9 Å². The van der Waals surface area contributed by atoms with Crippen LogP contribution >= 0.6 is 11.6 Å². The molecule has 1 aliphatic heterocycles. The largest absolute Gasteiger partial charge is 0.457 e. The second kappa shape index (κ2) is 7.71. The number of nitrogens with zero attached hydrogens (tertiary/aromatic N) is 1. The fourth-order valence-corrected chi connectivity index (χ4v) is 5.06. The highest BCUT2D eigenvalue weighted by molar-refractivity contribution is 7.92. The third-order valence-electron chi connectivity index (χ3n) is 5.75. The predicted molar refractivity (Wildman–Crippen MR) is 115 cm³/mol. The normalized spacial score (nSPS) is 17.2. The van der Waals surface area contributed by atoms with Gasteiger partial charge in [0.2, 0.25) is 10.0 Å². The SMILES string of the molecule is CS(=O)(=O)N1CCCc2cc(C(=O)COC(=O)C3(c4ccc(Cl)cc4)CC3)ccc21. The molecule has 1 heterocycles. The molecule has 6 nitrogen and oxygen atoms in total. The number of carbonyl (C=O) groups excluding carboxylic acids is 2. The number of benzene rings is 2. The standard InChI is InChI=1S/C22H22ClNO5S/c1-30(27,28)24-12-2-3-15-13-16(4-9-19(15)24)20(25)14-29-21(26)22(10-11-22)17-5-7-18(23)8-6-17/h4-9,13H,2-3,10-12,14H2,1H3. The minimum absolute atomic E-state index is 0.311. The van der Waals surface area contributed by atoms with Crippen molar-refractivity contribution in [3.8, 4) is 0 Å². The Morgan fingerprint density at radius 1 is 1.13 bits per heavy atom. The second-order valence-electron chi connectivity index (χ2n) is 7.87. The number of hydrogen-bond acceptors (Lipinski definition) is 5. The maximum Gasteiger partial charge on any atom is 0.317 e. The van der Waals surface area contributed by atoms with E-state index in [1.165, 1.54) is 10.6 Å². The lowest BCUT2D eigenvalue weighted by Gasteiger charge is -2.29. The maximum absolute atomic E-state index is 12.7. The molecule has 158 valence electrons. The Morgan fingerprint density at radius 2 is 1.83 bits per heavy atom. The Labute approximate surface area is 180 Å². The highest BCUT2D eigenvalue weighted by Gasteiger charge is 2.52. The van der Waals surface area contributed by atoms with Gasteiger partial charge < -0.3 is 4.74 Å². The van der Waals surface area contributed by atoms with Crippen LogP contribution in [0.15, 0.2) is 42.5 Å². The van der Waals surface area contributed by atoms with E-state index in [9.17, 15) is 18.0 Å². The third-order valence-corrected chi connectivity index (χ3v) is 7.18. The highest BCUT2D eigenvalue weighted by Crippen LogP contribution is 2.49. The van der Waals surface area contributed by atoms with Crippen LogP contribution in [-0.4, -0.2) is 39.6 Å². The monoisotopic (exact) mass is 447 g/mol. The molecule has 0 spiro atoms. The average Bonchev–Trinajstić information content (AvgIpc) is 3.52. The number of ketones is 1. The molecule has 0 aromatic heterocycles. The minimum atomic E-state index is -3.36. The lowest BCUT2D eigenvalue weighted by atomic mass is 9.96. The van der Waals surface area contributed by atoms with Crippen molar-refractivity contribution in [2.45, 2.75) is 31.1 Å². The predicted octanol–water partition coefficient (Wildman–Crippen LogP) is 3.51. The Morgan fingerprint density at radius 3 is 2.47 bits per heavy atom. The number of anilines is 1. The van der Waals surface area contributed by atoms with E-state index in [1.54, 1.807) is 30.3 Å². The van der Waals surface area contributed by atoms with Crippen molar-refractivity contribution < 1.29 is 22.7 Å². The van der Waals surface area contributed by atoms with Crippen molar-refractivity contribution in [2.75, 3.05) is 23.7 Å². The molecular weight excluding hydrogens is 426 g/mol. The number of halogens is 1. The van der Waals surface area contributed by atoms with Crippen LogP contribution in [-0.2, 0) is 31.4 Å². The zero-order valence-corrected chi connectivity index (χ0v) is 18.1. The molecule has 1 saturated carbocycles. The van der Waals surface area contributed by atoms with Crippen LogP contribution in [0.25, 0.3) is 0 Å². The Hall–Kier alpha value is -2.38. The summed E-state index contributed by atoms with van der Waals surface area (Å²) in [6.07, 6.45) is 3.93. The fourth-order valence-electron chi connectivity index (χ4n) is 3.94. The van der Waals surface area contributed by atoms with E-state index in [1.807, 2.05) is 12.1 Å². The van der Waals surface area contributed by atoms with Crippen molar-refractivity contribution in [2.24, 2.45) is 0 Å². The number of fused-ring (bicyclic) bond motifs is 1. The topological polar surface area (TPSA) is 80.8 Å². The van der Waals surface area contributed by atoms with Crippen LogP contribution < -0.4 is 4.31 Å². The molecule has 2 aromatic rings. The first-order valence-corrected chi connectivity index (χ1v) is 12.0. The van der Waals surface area contributed by atoms with Crippen molar-refractivity contribution in [3.63, 3.8) is 0 Å². The van der Waals surface area contributed by atoms with Gasteiger partial charge in [0.05, 0.1) is 17.4 Å². The van der Waals surface area contributed by atoms with Crippen molar-refractivity contribution in [1.82, 2.24) is 0 Å². The van der Waals surface area contributed by atoms with E-state index in [0.29, 0.717) is 48.5 Å². The van der Waals surface area contributed by atoms with Crippen LogP contribution in [0.5, 0.6) is 0 Å². The van der Waals surface area contributed by atoms with Gasteiger partial charge in [-0.1, -0.05) is 23.7 Å². The third kappa shape index (κ3) is 3.96. The Bertz CT molecular complexity index is 1110. The summed E-state index contributed by atoms with van der Waals surface area (Å²) in [7, 11) is -3.36. The summed E-state index contributed by atoms with van der Waals surface area (Å²) >= 11 is 5.92. The second-order valence-corrected chi connectivity index (χ2v) is 10.2. The van der Waals surface area contributed by atoms with Gasteiger partial charge in [0.1, 0.15) is 0 Å². The summed E-state index contributed by atoms with van der Waals surface area (Å²) in [4.78, 5) is 25.3. The van der Waals surface area contributed by atoms with E-state index < -0.39 is 21.4 Å². The summed E-state index contributed by atoms with van der Waals surface area (Å²) in [6, 6.07) is 12.1. The number of Topliss-reactive ketones (excluding diaryl/α,β-unsaturated/α-hetero) is 1. The summed E-state index contributed by atoms with van der Waals surface area (Å²) in [5, 5.41) is 0.597. The van der Waals surface area contributed by atoms with Gasteiger partial charge in [-0.25, -0.2) is 8.42 Å². The van der Waals surface area contributed by atoms with Crippen LogP contribution in [0, 0.1) is 0 Å². The molecule has 0 N–H and O–H groups in total. The maximum atomic E-state index is 12.7. The average molecular weight is 448 g/mol. The first-order chi connectivity index (χ1) is 14.2. The Kier molecular flexibility index (Phi) is 5.36. The van der Waals surface area contributed by atoms with Crippen molar-refractivity contribution in [3.05, 3.63) is 64.2 Å². The van der Waals surface area contributed by atoms with Gasteiger partial charge in [-0.2, -0.15) is 0 Å². The molecule has 1 aliphatic carbocycles. The van der Waals surface area contributed by atoms with Crippen LogP contribution in [0.2, 0.25) is 5.02 Å². The van der Waals surface area contributed by atoms with Crippen molar-refractivity contribution in [1.29, 1.82) is 0 Å². The molecule has 8 heteroatoms. The Balaban J connectivity index is 1.45. The molecule has 4 rings (SSSR count). The summed E-state index contributed by atoms with van der Waals surface area (Å²) in [6.45, 7) is 0.0896. The molecule has 1 fully saturated rings. The molecule has 2 aromatic carbocycles. The fraction of sp³-hybridized carbons (Fsp3) is 0.364. The molecular formula is C22H22ClNO5S. The van der Waals surface area contributed by atoms with E-state index in [0.717, 1.165) is 11.1 Å². The molecule has 0 amide bonds. The molecule has 2 aliphatic rings. The number of aryl methyl sites for hydroxylation is 1. The smallest absolute Gasteiger partial charge is 0.317 e. The van der Waals surface area contributed by atoms with Crippen LogP contribution in [0.1, 0.15) is 40.7 Å². The molecule has 0 unspecified atom stereocenters. The number of hydrogen-bond donors (Lipinski definition) is 0. The van der Waals surface area contributed by atoms with Crippen LogP contribution in [0.4, 0.5) is 5.69 Å². The van der Waals surface area contributed by atoms with Gasteiger partial charge >= 0.3 is 5.97 Å². The summed E-state index contributed by atoms with van der Waals surface area (Å²) in [5.74, 6) is -0.714. The van der Waals surface area contributed by atoms with Gasteiger partial charge in [-0.15, -0.1) is 0 Å². The van der Waals surface area contributed by atoms with Crippen molar-refractivity contribution >= 4 is 39.1 Å². The minimum Gasteiger partial charge on any atom is -0.457 e. The van der Waals surface area contributed by atoms with Gasteiger partial charge in [0, 0.05) is 17.1 Å². The van der Waals surface area contributed by atoms with Gasteiger partial charge in [0.15, 0.2) is 12.4 Å². The molecule has 0 radical (unpaired) electrons. The lowest BCUT2D eigenvalue weighted by molar-refractivity contribution is -0.145. The highest BCUT2D eigenvalue weighted by atomic mass is 35.5. The molecule has 0 atom stereocenters. The van der Waals surface area contributed by atoms with E-state index in [-0.39, 0.29) is 12.4 Å².